The van der Waals surface area contributed by atoms with Crippen LogP contribution in [0.5, 0.6) is 17.2 Å². The Balaban J connectivity index is 1.35. The number of rotatable bonds is 9. The number of nitrogens with zero attached hydrogens (tertiary/aromatic N) is 6. The molecule has 1 aromatic heterocycles. The van der Waals surface area contributed by atoms with E-state index in [-0.39, 0.29) is 11.6 Å². The standard InChI is InChI=1S/C27H36N6O3/c1-5-27(3,4)33-26(28-29-30-33)25(21-8-10-22(11-9-21)34-6-2)32-15-13-31(14-16-32)18-20-7-12-23-24(17-20)36-19-35-23/h7-12,17,25H,5-6,13-16,18-19H2,1-4H3. The van der Waals surface area contributed by atoms with E-state index in [1.54, 1.807) is 0 Å². The Morgan fingerprint density at radius 2 is 1.72 bits per heavy atom. The second kappa shape index (κ2) is 10.4. The normalized spacial score (nSPS) is 17.3. The van der Waals surface area contributed by atoms with Crippen LogP contribution < -0.4 is 14.2 Å². The fourth-order valence-corrected chi connectivity index (χ4v) is 4.86. The highest BCUT2D eigenvalue weighted by Gasteiger charge is 2.34. The zero-order chi connectivity index (χ0) is 25.1. The van der Waals surface area contributed by atoms with Crippen LogP contribution in [-0.4, -0.2) is 69.6 Å². The molecule has 5 rings (SSSR count). The van der Waals surface area contributed by atoms with Gasteiger partial charge in [-0.2, -0.15) is 0 Å². The lowest BCUT2D eigenvalue weighted by Gasteiger charge is -2.39. The minimum Gasteiger partial charge on any atom is -0.494 e. The summed E-state index contributed by atoms with van der Waals surface area (Å²) < 4.78 is 18.7. The monoisotopic (exact) mass is 492 g/mol. The molecule has 0 radical (unpaired) electrons. The predicted molar refractivity (Wildman–Crippen MR) is 136 cm³/mol. The first-order valence-corrected chi connectivity index (χ1v) is 12.8. The number of ether oxygens (including phenoxy) is 3. The van der Waals surface area contributed by atoms with Gasteiger partial charge in [-0.3, -0.25) is 9.80 Å². The maximum atomic E-state index is 5.69. The molecule has 2 aliphatic heterocycles. The van der Waals surface area contributed by atoms with Crippen LogP contribution in [-0.2, 0) is 12.1 Å². The van der Waals surface area contributed by atoms with Crippen molar-refractivity contribution in [3.05, 3.63) is 59.4 Å². The Morgan fingerprint density at radius 1 is 0.972 bits per heavy atom. The summed E-state index contributed by atoms with van der Waals surface area (Å²) in [7, 11) is 0. The van der Waals surface area contributed by atoms with Crippen molar-refractivity contribution >= 4 is 0 Å². The van der Waals surface area contributed by atoms with Crippen LogP contribution in [0.4, 0.5) is 0 Å². The van der Waals surface area contributed by atoms with Crippen molar-refractivity contribution < 1.29 is 14.2 Å². The van der Waals surface area contributed by atoms with Gasteiger partial charge in [0.25, 0.3) is 0 Å². The lowest BCUT2D eigenvalue weighted by molar-refractivity contribution is 0.0972. The van der Waals surface area contributed by atoms with Gasteiger partial charge in [0, 0.05) is 32.7 Å². The lowest BCUT2D eigenvalue weighted by Crippen LogP contribution is -2.48. The average molecular weight is 493 g/mol. The molecule has 1 fully saturated rings. The smallest absolute Gasteiger partial charge is 0.231 e. The van der Waals surface area contributed by atoms with E-state index in [1.165, 1.54) is 11.1 Å². The van der Waals surface area contributed by atoms with E-state index in [1.807, 2.05) is 29.8 Å². The number of tetrazole rings is 1. The third-order valence-corrected chi connectivity index (χ3v) is 7.30. The Bertz CT molecular complexity index is 1150. The van der Waals surface area contributed by atoms with Crippen molar-refractivity contribution in [3.8, 4) is 17.2 Å². The van der Waals surface area contributed by atoms with Gasteiger partial charge in [0.1, 0.15) is 5.75 Å². The van der Waals surface area contributed by atoms with Gasteiger partial charge in [0.05, 0.1) is 18.2 Å². The van der Waals surface area contributed by atoms with Crippen molar-refractivity contribution in [2.24, 2.45) is 0 Å². The summed E-state index contributed by atoms with van der Waals surface area (Å²) in [5.74, 6) is 3.43. The first-order valence-electron chi connectivity index (χ1n) is 12.8. The van der Waals surface area contributed by atoms with Crippen molar-refractivity contribution in [1.82, 2.24) is 30.0 Å². The minimum absolute atomic E-state index is 0.0332. The molecule has 0 saturated carbocycles. The SMILES string of the molecule is CCOc1ccc(C(c2nnnn2C(C)(C)CC)N2CCN(Cc3ccc4c(c3)OCO4)CC2)cc1. The highest BCUT2D eigenvalue weighted by molar-refractivity contribution is 5.44. The molecule has 36 heavy (non-hydrogen) atoms. The third-order valence-electron chi connectivity index (χ3n) is 7.30. The molecule has 1 saturated heterocycles. The van der Waals surface area contributed by atoms with Gasteiger partial charge in [-0.05, 0) is 73.0 Å². The van der Waals surface area contributed by atoms with Gasteiger partial charge >= 0.3 is 0 Å². The molecule has 0 amide bonds. The second-order valence-corrected chi connectivity index (χ2v) is 10.0. The highest BCUT2D eigenvalue weighted by atomic mass is 16.7. The summed E-state index contributed by atoms with van der Waals surface area (Å²) in [6, 6.07) is 14.6. The molecule has 2 aliphatic rings. The Labute approximate surface area is 212 Å². The van der Waals surface area contributed by atoms with Crippen molar-refractivity contribution in [3.63, 3.8) is 0 Å². The fraction of sp³-hybridized carbons (Fsp3) is 0.519. The van der Waals surface area contributed by atoms with E-state index in [9.17, 15) is 0 Å². The average Bonchev–Trinajstić information content (AvgIpc) is 3.57. The summed E-state index contributed by atoms with van der Waals surface area (Å²) >= 11 is 0. The van der Waals surface area contributed by atoms with Crippen LogP contribution in [0.3, 0.4) is 0 Å². The number of aromatic nitrogens is 4. The second-order valence-electron chi connectivity index (χ2n) is 10.0. The van der Waals surface area contributed by atoms with Gasteiger partial charge in [-0.15, -0.1) is 5.10 Å². The largest absolute Gasteiger partial charge is 0.494 e. The van der Waals surface area contributed by atoms with Crippen LogP contribution in [0.2, 0.25) is 0 Å². The molecule has 9 heteroatoms. The van der Waals surface area contributed by atoms with E-state index < -0.39 is 0 Å². The maximum absolute atomic E-state index is 5.69. The molecular formula is C27H36N6O3. The van der Waals surface area contributed by atoms with Gasteiger partial charge in [-0.25, -0.2) is 4.68 Å². The van der Waals surface area contributed by atoms with Crippen LogP contribution in [0.1, 0.15) is 57.1 Å². The van der Waals surface area contributed by atoms with Crippen LogP contribution in [0, 0.1) is 0 Å². The molecule has 3 aromatic rings. The summed E-state index contributed by atoms with van der Waals surface area (Å²) in [6.45, 7) is 14.1. The van der Waals surface area contributed by atoms with E-state index >= 15 is 0 Å². The van der Waals surface area contributed by atoms with Gasteiger partial charge in [0.2, 0.25) is 6.79 Å². The zero-order valence-corrected chi connectivity index (χ0v) is 21.7. The summed E-state index contributed by atoms with van der Waals surface area (Å²) in [6.07, 6.45) is 0.935. The molecule has 9 nitrogen and oxygen atoms in total. The van der Waals surface area contributed by atoms with E-state index in [4.69, 9.17) is 14.2 Å². The first-order chi connectivity index (χ1) is 17.5. The number of piperazine rings is 1. The topological polar surface area (TPSA) is 77.8 Å². The maximum Gasteiger partial charge on any atom is 0.231 e. The number of benzene rings is 2. The third kappa shape index (κ3) is 5.03. The first kappa shape index (κ1) is 24.5. The number of fused-ring (bicyclic) bond motifs is 1. The lowest BCUT2D eigenvalue weighted by atomic mass is 9.99. The molecule has 1 atom stereocenters. The van der Waals surface area contributed by atoms with Crippen molar-refractivity contribution in [1.29, 1.82) is 0 Å². The Kier molecular flexibility index (Phi) is 7.11. The van der Waals surface area contributed by atoms with Gasteiger partial charge in [0.15, 0.2) is 17.3 Å². The quantitative estimate of drug-likeness (QED) is 0.446. The Morgan fingerprint density at radius 3 is 2.44 bits per heavy atom. The molecule has 192 valence electrons. The molecule has 0 spiro atoms. The van der Waals surface area contributed by atoms with E-state index in [2.05, 4.69) is 70.4 Å². The summed E-state index contributed by atoms with van der Waals surface area (Å²) in [5.41, 5.74) is 2.24. The number of hydrogen-bond acceptors (Lipinski definition) is 8. The van der Waals surface area contributed by atoms with Crippen LogP contribution >= 0.6 is 0 Å². The van der Waals surface area contributed by atoms with Crippen molar-refractivity contribution in [2.75, 3.05) is 39.6 Å². The molecule has 1 unspecified atom stereocenters. The van der Waals surface area contributed by atoms with Crippen molar-refractivity contribution in [2.45, 2.75) is 52.2 Å². The molecule has 0 N–H and O–H groups in total. The summed E-state index contributed by atoms with van der Waals surface area (Å²) in [5, 5.41) is 13.1. The molecule has 2 aromatic carbocycles. The van der Waals surface area contributed by atoms with E-state index in [0.29, 0.717) is 13.4 Å². The molecule has 3 heterocycles. The number of hydrogen-bond donors (Lipinski definition) is 0. The zero-order valence-electron chi connectivity index (χ0n) is 21.7. The Hall–Kier alpha value is -3.17. The molecule has 0 aliphatic carbocycles. The summed E-state index contributed by atoms with van der Waals surface area (Å²) in [4.78, 5) is 4.99. The van der Waals surface area contributed by atoms with Gasteiger partial charge < -0.3 is 14.2 Å². The predicted octanol–water partition coefficient (Wildman–Crippen LogP) is 3.85. The van der Waals surface area contributed by atoms with Crippen LogP contribution in [0.15, 0.2) is 42.5 Å². The minimum atomic E-state index is -0.177. The molecular weight excluding hydrogens is 456 g/mol. The van der Waals surface area contributed by atoms with E-state index in [0.717, 1.165) is 62.2 Å². The highest BCUT2D eigenvalue weighted by Crippen LogP contribution is 2.34. The molecule has 0 bridgehead atoms. The van der Waals surface area contributed by atoms with Crippen LogP contribution in [0.25, 0.3) is 0 Å². The fourth-order valence-electron chi connectivity index (χ4n) is 4.86. The van der Waals surface area contributed by atoms with Gasteiger partial charge in [-0.1, -0.05) is 25.1 Å².